The van der Waals surface area contributed by atoms with Crippen LogP contribution in [0.2, 0.25) is 0 Å². The summed E-state index contributed by atoms with van der Waals surface area (Å²) < 4.78 is 21.3. The van der Waals surface area contributed by atoms with E-state index in [0.717, 1.165) is 36.2 Å². The number of hydrogen-bond donors (Lipinski definition) is 0. The Morgan fingerprint density at radius 3 is 2.67 bits per heavy atom. The van der Waals surface area contributed by atoms with E-state index in [1.807, 2.05) is 47.3 Å². The first kappa shape index (κ1) is 20.4. The van der Waals surface area contributed by atoms with Crippen LogP contribution in [0.4, 0.5) is 10.1 Å². The van der Waals surface area contributed by atoms with Gasteiger partial charge >= 0.3 is 0 Å². The largest absolute Gasteiger partial charge is 0.452 e. The number of aromatic nitrogens is 2. The van der Waals surface area contributed by atoms with Crippen molar-refractivity contribution in [3.63, 3.8) is 0 Å². The van der Waals surface area contributed by atoms with Crippen LogP contribution in [-0.4, -0.2) is 52.9 Å². The lowest BCUT2D eigenvalue weighted by Crippen LogP contribution is -2.27. The molecule has 1 aliphatic carbocycles. The first-order valence-electron chi connectivity index (χ1n) is 11.8. The number of benzene rings is 2. The van der Waals surface area contributed by atoms with Crippen LogP contribution in [0.15, 0.2) is 60.5 Å². The van der Waals surface area contributed by atoms with Crippen LogP contribution in [0.25, 0.3) is 10.9 Å². The molecule has 0 bridgehead atoms. The van der Waals surface area contributed by atoms with E-state index in [1.165, 1.54) is 18.4 Å². The number of halogens is 1. The van der Waals surface area contributed by atoms with Crippen molar-refractivity contribution in [1.29, 1.82) is 0 Å². The van der Waals surface area contributed by atoms with Gasteiger partial charge in [-0.3, -0.25) is 14.4 Å². The molecule has 1 amide bonds. The molecule has 170 valence electrons. The molecule has 7 heteroatoms. The van der Waals surface area contributed by atoms with Gasteiger partial charge in [0, 0.05) is 37.3 Å². The lowest BCUT2D eigenvalue weighted by Gasteiger charge is -2.17. The highest BCUT2D eigenvalue weighted by molar-refractivity contribution is 6.08. The molecule has 0 N–H and O–H groups in total. The molecular weight excluding hydrogens is 419 g/mol. The van der Waals surface area contributed by atoms with Crippen LogP contribution in [0.5, 0.6) is 5.75 Å². The maximum atomic E-state index is 13.4. The Hall–Kier alpha value is -3.19. The second-order valence-corrected chi connectivity index (χ2v) is 9.23. The Morgan fingerprint density at radius 1 is 1.06 bits per heavy atom. The van der Waals surface area contributed by atoms with Crippen molar-refractivity contribution in [3.05, 3.63) is 66.1 Å². The zero-order chi connectivity index (χ0) is 22.4. The third-order valence-electron chi connectivity index (χ3n) is 6.85. The molecule has 0 unspecified atom stereocenters. The number of likely N-dealkylation sites (tertiary alicyclic amines) is 1. The van der Waals surface area contributed by atoms with Gasteiger partial charge in [0.1, 0.15) is 11.9 Å². The number of carbonyl (C=O) groups is 1. The second-order valence-electron chi connectivity index (χ2n) is 9.23. The smallest absolute Gasteiger partial charge is 0.294 e. The molecule has 6 rings (SSSR count). The molecule has 2 fully saturated rings. The predicted molar refractivity (Wildman–Crippen MR) is 125 cm³/mol. The van der Waals surface area contributed by atoms with Crippen molar-refractivity contribution in [2.75, 3.05) is 31.1 Å². The quantitative estimate of drug-likeness (QED) is 0.544. The number of amides is 1. The minimum absolute atomic E-state index is 0.136. The van der Waals surface area contributed by atoms with Gasteiger partial charge in [-0.15, -0.1) is 0 Å². The summed E-state index contributed by atoms with van der Waals surface area (Å²) in [7, 11) is 0. The van der Waals surface area contributed by atoms with E-state index in [1.54, 1.807) is 4.90 Å². The molecule has 3 aliphatic rings. The number of hydrogen-bond acceptors (Lipinski definition) is 4. The summed E-state index contributed by atoms with van der Waals surface area (Å²) >= 11 is 0. The lowest BCUT2D eigenvalue weighted by molar-refractivity contribution is -0.116. The summed E-state index contributed by atoms with van der Waals surface area (Å²) in [4.78, 5) is 16.8. The van der Waals surface area contributed by atoms with Gasteiger partial charge in [-0.1, -0.05) is 12.1 Å². The van der Waals surface area contributed by atoms with Crippen molar-refractivity contribution in [2.24, 2.45) is 0 Å². The van der Waals surface area contributed by atoms with Gasteiger partial charge in [-0.05, 0) is 67.2 Å². The number of anilines is 1. The number of fused-ring (bicyclic) bond motifs is 1. The van der Waals surface area contributed by atoms with E-state index in [2.05, 4.69) is 22.1 Å². The summed E-state index contributed by atoms with van der Waals surface area (Å²) in [6.45, 7) is 3.31. The highest BCUT2D eigenvalue weighted by atomic mass is 19.1. The molecule has 6 nitrogen and oxygen atoms in total. The first-order valence-corrected chi connectivity index (χ1v) is 11.8. The maximum absolute atomic E-state index is 13.4. The van der Waals surface area contributed by atoms with Crippen molar-refractivity contribution >= 4 is 22.5 Å². The maximum Gasteiger partial charge on any atom is 0.294 e. The van der Waals surface area contributed by atoms with Gasteiger partial charge < -0.3 is 9.64 Å². The van der Waals surface area contributed by atoms with Gasteiger partial charge in [0.05, 0.1) is 18.3 Å². The van der Waals surface area contributed by atoms with E-state index in [-0.39, 0.29) is 5.91 Å². The van der Waals surface area contributed by atoms with Gasteiger partial charge in [0.25, 0.3) is 5.91 Å². The zero-order valence-corrected chi connectivity index (χ0v) is 18.5. The Kier molecular flexibility index (Phi) is 5.14. The fourth-order valence-electron chi connectivity index (χ4n) is 4.78. The van der Waals surface area contributed by atoms with Crippen LogP contribution < -0.4 is 9.64 Å². The molecule has 1 atom stereocenters. The van der Waals surface area contributed by atoms with Gasteiger partial charge in [-0.2, -0.15) is 5.10 Å². The molecule has 3 heterocycles. The molecule has 0 spiro atoms. The Labute approximate surface area is 192 Å². The van der Waals surface area contributed by atoms with Crippen molar-refractivity contribution in [1.82, 2.24) is 14.7 Å². The van der Waals surface area contributed by atoms with E-state index < -0.39 is 6.17 Å². The predicted octanol–water partition coefficient (Wildman–Crippen LogP) is 4.27. The van der Waals surface area contributed by atoms with Crippen molar-refractivity contribution in [3.8, 4) is 5.75 Å². The van der Waals surface area contributed by atoms with Crippen molar-refractivity contribution < 1.29 is 13.9 Å². The van der Waals surface area contributed by atoms with Crippen LogP contribution in [0, 0.1) is 0 Å². The highest BCUT2D eigenvalue weighted by Crippen LogP contribution is 2.40. The second kappa shape index (κ2) is 8.30. The Balaban J connectivity index is 1.11. The first-order chi connectivity index (χ1) is 16.1. The molecule has 33 heavy (non-hydrogen) atoms. The number of rotatable bonds is 7. The SMILES string of the molecule is O=C1C(Oc2ccc(C3CC3)cc2)=CCN1c1ccc2c(cnn2CCN2CC[C@H](F)C2)c1. The number of alkyl halides is 1. The molecular formula is C26H27FN4O2. The minimum Gasteiger partial charge on any atom is -0.452 e. The molecule has 0 radical (unpaired) electrons. The summed E-state index contributed by atoms with van der Waals surface area (Å²) in [5.74, 6) is 1.61. The van der Waals surface area contributed by atoms with Crippen LogP contribution in [0.1, 0.15) is 30.7 Å². The third-order valence-corrected chi connectivity index (χ3v) is 6.85. The standard InChI is InChI=1S/C26H27FN4O2/c27-21-9-11-29(17-21)13-14-31-24-8-5-22(15-20(24)16-28-31)30-12-10-25(26(30)32)33-23-6-3-19(4-7-23)18-1-2-18/h3-8,10,15-16,18,21H,1-2,9,11-14,17H2/t21-/m0/s1. The summed E-state index contributed by atoms with van der Waals surface area (Å²) in [5, 5.41) is 5.49. The molecule has 2 aliphatic heterocycles. The fourth-order valence-corrected chi connectivity index (χ4v) is 4.78. The van der Waals surface area contributed by atoms with E-state index in [0.29, 0.717) is 36.9 Å². The highest BCUT2D eigenvalue weighted by Gasteiger charge is 2.28. The van der Waals surface area contributed by atoms with Gasteiger partial charge in [0.2, 0.25) is 0 Å². The minimum atomic E-state index is -0.704. The molecule has 3 aromatic rings. The summed E-state index contributed by atoms with van der Waals surface area (Å²) in [5.41, 5.74) is 3.18. The summed E-state index contributed by atoms with van der Waals surface area (Å²) in [6.07, 6.45) is 6.11. The molecule has 1 aromatic heterocycles. The third kappa shape index (κ3) is 4.13. The number of ether oxygens (including phenoxy) is 1. The normalized spacial score (nSPS) is 21.2. The zero-order valence-electron chi connectivity index (χ0n) is 18.5. The Morgan fingerprint density at radius 2 is 1.91 bits per heavy atom. The molecule has 1 saturated carbocycles. The van der Waals surface area contributed by atoms with E-state index in [9.17, 15) is 9.18 Å². The fraction of sp³-hybridized carbons (Fsp3) is 0.385. The van der Waals surface area contributed by atoms with E-state index >= 15 is 0 Å². The number of carbonyl (C=O) groups excluding carboxylic acids is 1. The van der Waals surface area contributed by atoms with Crippen LogP contribution >= 0.6 is 0 Å². The average Bonchev–Trinajstić information content (AvgIpc) is 3.33. The lowest BCUT2D eigenvalue weighted by atomic mass is 10.1. The van der Waals surface area contributed by atoms with E-state index in [4.69, 9.17) is 4.74 Å². The summed E-state index contributed by atoms with van der Waals surface area (Å²) in [6, 6.07) is 14.0. The topological polar surface area (TPSA) is 50.6 Å². The molecule has 1 saturated heterocycles. The average molecular weight is 447 g/mol. The van der Waals surface area contributed by atoms with Crippen LogP contribution in [0.3, 0.4) is 0 Å². The number of nitrogens with zero attached hydrogens (tertiary/aromatic N) is 4. The van der Waals surface area contributed by atoms with Crippen molar-refractivity contribution in [2.45, 2.75) is 37.9 Å². The van der Waals surface area contributed by atoms with Gasteiger partial charge in [0.15, 0.2) is 5.76 Å². The van der Waals surface area contributed by atoms with Crippen LogP contribution in [-0.2, 0) is 11.3 Å². The van der Waals surface area contributed by atoms with Gasteiger partial charge in [-0.25, -0.2) is 4.39 Å². The Bertz CT molecular complexity index is 1210. The molecule has 2 aromatic carbocycles. The monoisotopic (exact) mass is 446 g/mol.